The molecule has 0 aliphatic heterocycles. The van der Waals surface area contributed by atoms with Gasteiger partial charge in [0.15, 0.2) is 0 Å². The maximum Gasteiger partial charge on any atom is 0.0633 e. The highest BCUT2D eigenvalue weighted by Crippen LogP contribution is 2.37. The molecule has 2 aliphatic carbocycles. The molecular formula is C8H12O. The minimum atomic E-state index is -0.00463. The molecule has 0 radical (unpaired) electrons. The zero-order valence-electron chi connectivity index (χ0n) is 5.46. The number of hydrogen-bond acceptors (Lipinski definition) is 1. The first-order valence-electron chi connectivity index (χ1n) is 3.72. The van der Waals surface area contributed by atoms with E-state index >= 15 is 0 Å². The van der Waals surface area contributed by atoms with Gasteiger partial charge in [0.2, 0.25) is 0 Å². The SMILES string of the molecule is O[C@H]1[C@H]2CC=C[C@@H]1CC2. The summed E-state index contributed by atoms with van der Waals surface area (Å²) in [5, 5.41) is 9.46. The number of aliphatic hydroxyl groups excluding tert-OH is 1. The van der Waals surface area contributed by atoms with Crippen molar-refractivity contribution in [1.82, 2.24) is 0 Å². The predicted molar refractivity (Wildman–Crippen MR) is 36.0 cm³/mol. The Morgan fingerprint density at radius 3 is 2.89 bits per heavy atom. The molecule has 0 aromatic heterocycles. The Kier molecular flexibility index (Phi) is 1.12. The van der Waals surface area contributed by atoms with Crippen molar-refractivity contribution in [2.24, 2.45) is 11.8 Å². The fraction of sp³-hybridized carbons (Fsp3) is 0.750. The molecule has 2 bridgehead atoms. The third-order valence-electron chi connectivity index (χ3n) is 2.61. The van der Waals surface area contributed by atoms with Crippen LogP contribution in [0.3, 0.4) is 0 Å². The fourth-order valence-corrected chi connectivity index (χ4v) is 1.99. The van der Waals surface area contributed by atoms with Gasteiger partial charge in [-0.05, 0) is 25.2 Å². The summed E-state index contributed by atoms with van der Waals surface area (Å²) >= 11 is 0. The summed E-state index contributed by atoms with van der Waals surface area (Å²) in [7, 11) is 0. The summed E-state index contributed by atoms with van der Waals surface area (Å²) in [5.74, 6) is 1.10. The lowest BCUT2D eigenvalue weighted by Gasteiger charge is -2.19. The molecule has 1 heteroatoms. The van der Waals surface area contributed by atoms with Crippen LogP contribution in [-0.4, -0.2) is 11.2 Å². The Morgan fingerprint density at radius 1 is 1.33 bits per heavy atom. The number of hydrogen-bond donors (Lipinski definition) is 1. The van der Waals surface area contributed by atoms with Gasteiger partial charge in [0, 0.05) is 5.92 Å². The number of allylic oxidation sites excluding steroid dienone is 1. The van der Waals surface area contributed by atoms with E-state index in [9.17, 15) is 5.11 Å². The Morgan fingerprint density at radius 2 is 2.22 bits per heavy atom. The molecule has 0 spiro atoms. The molecule has 1 nitrogen and oxygen atoms in total. The third-order valence-corrected chi connectivity index (χ3v) is 2.61. The standard InChI is InChI=1S/C8H12O/c9-8-6-2-1-3-7(8)5-4-6/h1-2,6-9H,3-5H2/t6-,7+,8-/m1/s1. The summed E-state index contributed by atoms with van der Waals surface area (Å²) in [5.41, 5.74) is 0. The van der Waals surface area contributed by atoms with Crippen molar-refractivity contribution in [1.29, 1.82) is 0 Å². The van der Waals surface area contributed by atoms with Crippen LogP contribution in [0.5, 0.6) is 0 Å². The lowest BCUT2D eigenvalue weighted by Crippen LogP contribution is -2.21. The summed E-state index contributed by atoms with van der Waals surface area (Å²) in [6.07, 6.45) is 7.94. The van der Waals surface area contributed by atoms with Gasteiger partial charge < -0.3 is 5.11 Å². The van der Waals surface area contributed by atoms with Crippen molar-refractivity contribution in [2.45, 2.75) is 25.4 Å². The quantitative estimate of drug-likeness (QED) is 0.483. The zero-order valence-corrected chi connectivity index (χ0v) is 5.46. The molecule has 0 amide bonds. The van der Waals surface area contributed by atoms with Crippen molar-refractivity contribution in [3.63, 3.8) is 0 Å². The smallest absolute Gasteiger partial charge is 0.0633 e. The Hall–Kier alpha value is -0.300. The van der Waals surface area contributed by atoms with Crippen LogP contribution >= 0.6 is 0 Å². The van der Waals surface area contributed by atoms with Crippen molar-refractivity contribution < 1.29 is 5.11 Å². The molecule has 1 fully saturated rings. The second-order valence-corrected chi connectivity index (χ2v) is 3.16. The van der Waals surface area contributed by atoms with Crippen molar-refractivity contribution >= 4 is 0 Å². The normalized spacial score (nSPS) is 47.9. The van der Waals surface area contributed by atoms with E-state index in [2.05, 4.69) is 12.2 Å². The van der Waals surface area contributed by atoms with Gasteiger partial charge in [-0.15, -0.1) is 0 Å². The lowest BCUT2D eigenvalue weighted by molar-refractivity contribution is 0.103. The molecule has 2 rings (SSSR count). The van der Waals surface area contributed by atoms with Crippen LogP contribution < -0.4 is 0 Å². The molecule has 0 aromatic carbocycles. The minimum Gasteiger partial charge on any atom is -0.392 e. The maximum absolute atomic E-state index is 9.46. The van der Waals surface area contributed by atoms with Crippen molar-refractivity contribution in [2.75, 3.05) is 0 Å². The van der Waals surface area contributed by atoms with Gasteiger partial charge >= 0.3 is 0 Å². The van der Waals surface area contributed by atoms with E-state index in [0.29, 0.717) is 11.8 Å². The highest BCUT2D eigenvalue weighted by molar-refractivity contribution is 5.05. The topological polar surface area (TPSA) is 20.2 Å². The Bertz CT molecular complexity index is 140. The molecular weight excluding hydrogens is 112 g/mol. The van der Waals surface area contributed by atoms with E-state index in [0.717, 1.165) is 6.42 Å². The van der Waals surface area contributed by atoms with Crippen LogP contribution in [0.1, 0.15) is 19.3 Å². The number of fused-ring (bicyclic) bond motifs is 2. The molecule has 50 valence electrons. The van der Waals surface area contributed by atoms with Crippen LogP contribution in [0.2, 0.25) is 0 Å². The summed E-state index contributed by atoms with van der Waals surface area (Å²) in [6.45, 7) is 0. The Balaban J connectivity index is 2.22. The third kappa shape index (κ3) is 0.715. The minimum absolute atomic E-state index is 0.00463. The van der Waals surface area contributed by atoms with Crippen LogP contribution in [-0.2, 0) is 0 Å². The second-order valence-electron chi connectivity index (χ2n) is 3.16. The van der Waals surface area contributed by atoms with E-state index < -0.39 is 0 Å². The lowest BCUT2D eigenvalue weighted by atomic mass is 9.92. The van der Waals surface area contributed by atoms with Crippen molar-refractivity contribution in [3.8, 4) is 0 Å². The van der Waals surface area contributed by atoms with E-state index in [1.807, 2.05) is 0 Å². The van der Waals surface area contributed by atoms with Gasteiger partial charge in [-0.2, -0.15) is 0 Å². The van der Waals surface area contributed by atoms with Gasteiger partial charge in [-0.1, -0.05) is 12.2 Å². The zero-order chi connectivity index (χ0) is 6.27. The second kappa shape index (κ2) is 1.84. The molecule has 3 atom stereocenters. The monoisotopic (exact) mass is 124 g/mol. The Labute approximate surface area is 55.4 Å². The van der Waals surface area contributed by atoms with Gasteiger partial charge in [0.1, 0.15) is 0 Å². The molecule has 1 N–H and O–H groups in total. The molecule has 0 unspecified atom stereocenters. The average Bonchev–Trinajstić information content (AvgIpc) is 2.19. The first-order chi connectivity index (χ1) is 4.38. The van der Waals surface area contributed by atoms with E-state index in [-0.39, 0.29) is 6.10 Å². The highest BCUT2D eigenvalue weighted by atomic mass is 16.3. The predicted octanol–water partition coefficient (Wildman–Crippen LogP) is 1.33. The van der Waals surface area contributed by atoms with Crippen LogP contribution in [0, 0.1) is 11.8 Å². The summed E-state index contributed by atoms with van der Waals surface area (Å²) in [6, 6.07) is 0. The summed E-state index contributed by atoms with van der Waals surface area (Å²) in [4.78, 5) is 0. The van der Waals surface area contributed by atoms with Gasteiger partial charge in [-0.3, -0.25) is 0 Å². The van der Waals surface area contributed by atoms with Crippen molar-refractivity contribution in [3.05, 3.63) is 12.2 Å². The summed E-state index contributed by atoms with van der Waals surface area (Å²) < 4.78 is 0. The van der Waals surface area contributed by atoms with E-state index in [4.69, 9.17) is 0 Å². The van der Waals surface area contributed by atoms with Gasteiger partial charge in [0.25, 0.3) is 0 Å². The molecule has 2 aliphatic rings. The number of rotatable bonds is 0. The average molecular weight is 124 g/mol. The van der Waals surface area contributed by atoms with Gasteiger partial charge in [-0.25, -0.2) is 0 Å². The molecule has 0 aromatic rings. The maximum atomic E-state index is 9.46. The first kappa shape index (κ1) is 5.48. The van der Waals surface area contributed by atoms with Crippen LogP contribution in [0.4, 0.5) is 0 Å². The fourth-order valence-electron chi connectivity index (χ4n) is 1.99. The van der Waals surface area contributed by atoms with Crippen LogP contribution in [0.25, 0.3) is 0 Å². The molecule has 0 saturated heterocycles. The molecule has 1 saturated carbocycles. The highest BCUT2D eigenvalue weighted by Gasteiger charge is 2.34. The van der Waals surface area contributed by atoms with E-state index in [1.54, 1.807) is 0 Å². The molecule has 0 heterocycles. The number of aliphatic hydroxyl groups is 1. The van der Waals surface area contributed by atoms with Crippen LogP contribution in [0.15, 0.2) is 12.2 Å². The largest absolute Gasteiger partial charge is 0.392 e. The molecule has 9 heavy (non-hydrogen) atoms. The van der Waals surface area contributed by atoms with E-state index in [1.165, 1.54) is 12.8 Å². The van der Waals surface area contributed by atoms with Gasteiger partial charge in [0.05, 0.1) is 6.10 Å². The first-order valence-corrected chi connectivity index (χ1v) is 3.72.